The summed E-state index contributed by atoms with van der Waals surface area (Å²) in [4.78, 5) is 28.6. The van der Waals surface area contributed by atoms with Gasteiger partial charge in [0.25, 0.3) is 0 Å². The second-order valence-corrected chi connectivity index (χ2v) is 9.46. The normalized spacial score (nSPS) is 17.6. The van der Waals surface area contributed by atoms with Crippen molar-refractivity contribution in [1.82, 2.24) is 20.2 Å². The van der Waals surface area contributed by atoms with Crippen molar-refractivity contribution >= 4 is 11.8 Å². The van der Waals surface area contributed by atoms with E-state index < -0.39 is 0 Å². The molecule has 3 heterocycles. The van der Waals surface area contributed by atoms with Crippen LogP contribution in [0.4, 0.5) is 10.6 Å². The Bertz CT molecular complexity index is 900. The summed E-state index contributed by atoms with van der Waals surface area (Å²) in [6.07, 6.45) is 0.751. The van der Waals surface area contributed by atoms with Gasteiger partial charge in [-0.25, -0.2) is 14.8 Å². The zero-order valence-electron chi connectivity index (χ0n) is 18.5. The van der Waals surface area contributed by atoms with E-state index in [1.807, 2.05) is 43.9 Å². The van der Waals surface area contributed by atoms with Gasteiger partial charge in [-0.2, -0.15) is 0 Å². The van der Waals surface area contributed by atoms with Crippen molar-refractivity contribution in [1.29, 1.82) is 0 Å². The smallest absolute Gasteiger partial charge is 0.318 e. The molecule has 0 atom stereocenters. The van der Waals surface area contributed by atoms with Gasteiger partial charge in [-0.1, -0.05) is 30.3 Å². The minimum Gasteiger partial charge on any atom is -0.345 e. The lowest BCUT2D eigenvalue weighted by molar-refractivity contribution is -0.880. The van der Waals surface area contributed by atoms with E-state index in [0.717, 1.165) is 61.1 Å². The zero-order chi connectivity index (χ0) is 21.3. The van der Waals surface area contributed by atoms with E-state index in [-0.39, 0.29) is 11.6 Å². The number of hydrogen-bond donors (Lipinski definition) is 2. The van der Waals surface area contributed by atoms with Crippen LogP contribution in [-0.2, 0) is 13.0 Å². The average Bonchev–Trinajstić information content (AvgIpc) is 2.72. The number of carbonyl (C=O) groups excluding carboxylic acids is 1. The van der Waals surface area contributed by atoms with Crippen LogP contribution in [0.3, 0.4) is 0 Å². The largest absolute Gasteiger partial charge is 0.345 e. The summed E-state index contributed by atoms with van der Waals surface area (Å²) >= 11 is 0. The van der Waals surface area contributed by atoms with Crippen molar-refractivity contribution in [3.8, 4) is 11.4 Å². The van der Waals surface area contributed by atoms with E-state index in [4.69, 9.17) is 9.97 Å². The maximum atomic E-state index is 12.8. The molecule has 1 fully saturated rings. The van der Waals surface area contributed by atoms with Crippen LogP contribution in [0.25, 0.3) is 11.4 Å². The van der Waals surface area contributed by atoms with E-state index in [9.17, 15) is 4.79 Å². The summed E-state index contributed by atoms with van der Waals surface area (Å²) in [5.41, 5.74) is 2.96. The minimum atomic E-state index is -0.256. The molecule has 0 bridgehead atoms. The summed E-state index contributed by atoms with van der Waals surface area (Å²) < 4.78 is 0. The number of urea groups is 1. The summed E-state index contributed by atoms with van der Waals surface area (Å²) in [5.74, 6) is 1.78. The predicted molar refractivity (Wildman–Crippen MR) is 119 cm³/mol. The molecule has 2 aromatic rings. The third kappa shape index (κ3) is 4.56. The van der Waals surface area contributed by atoms with E-state index in [0.29, 0.717) is 13.1 Å². The number of anilines is 1. The Morgan fingerprint density at radius 2 is 1.77 bits per heavy atom. The number of carbonyl (C=O) groups is 1. The van der Waals surface area contributed by atoms with E-state index in [1.165, 1.54) is 0 Å². The molecule has 1 aromatic heterocycles. The molecule has 0 spiro atoms. The van der Waals surface area contributed by atoms with E-state index >= 15 is 0 Å². The number of fused-ring (bicyclic) bond motifs is 1. The SMILES string of the molecule is C[NH+]1CCN(c2nc(-c3ccccc3)nc3c2CN(C(=O)NC(C)(C)C)CC3)CC1. The average molecular weight is 410 g/mol. The zero-order valence-corrected chi connectivity index (χ0v) is 18.5. The number of amides is 2. The van der Waals surface area contributed by atoms with Crippen LogP contribution in [0.5, 0.6) is 0 Å². The first-order chi connectivity index (χ1) is 14.3. The Balaban J connectivity index is 1.69. The molecule has 7 nitrogen and oxygen atoms in total. The van der Waals surface area contributed by atoms with Crippen LogP contribution < -0.4 is 15.1 Å². The number of hydrogen-bond acceptors (Lipinski definition) is 4. The minimum absolute atomic E-state index is 0.0194. The number of quaternary nitrogens is 1. The molecule has 160 valence electrons. The molecule has 0 unspecified atom stereocenters. The van der Waals surface area contributed by atoms with Gasteiger partial charge >= 0.3 is 6.03 Å². The van der Waals surface area contributed by atoms with Gasteiger partial charge in [0.05, 0.1) is 45.5 Å². The van der Waals surface area contributed by atoms with Gasteiger partial charge in [0.1, 0.15) is 5.82 Å². The second-order valence-electron chi connectivity index (χ2n) is 9.46. The third-order valence-electron chi connectivity index (χ3n) is 5.76. The van der Waals surface area contributed by atoms with Crippen LogP contribution in [0.15, 0.2) is 30.3 Å². The van der Waals surface area contributed by atoms with Crippen molar-refractivity contribution in [2.75, 3.05) is 44.7 Å². The summed E-state index contributed by atoms with van der Waals surface area (Å²) in [7, 11) is 2.24. The molecule has 4 rings (SSSR count). The second kappa shape index (κ2) is 8.22. The van der Waals surface area contributed by atoms with Crippen molar-refractivity contribution in [2.24, 2.45) is 0 Å². The topological polar surface area (TPSA) is 65.8 Å². The quantitative estimate of drug-likeness (QED) is 0.786. The first-order valence-corrected chi connectivity index (χ1v) is 10.9. The summed E-state index contributed by atoms with van der Waals surface area (Å²) in [5, 5.41) is 3.09. The molecular weight excluding hydrogens is 376 g/mol. The van der Waals surface area contributed by atoms with Gasteiger partial charge < -0.3 is 20.0 Å². The van der Waals surface area contributed by atoms with Gasteiger partial charge in [-0.3, -0.25) is 0 Å². The van der Waals surface area contributed by atoms with Gasteiger partial charge in [0.15, 0.2) is 5.82 Å². The Morgan fingerprint density at radius 3 is 2.43 bits per heavy atom. The van der Waals surface area contributed by atoms with Gasteiger partial charge in [-0.05, 0) is 20.8 Å². The standard InChI is InChI=1S/C23H32N6O/c1-23(2,3)26-22(30)29-11-10-19-18(16-29)21(28-14-12-27(4)13-15-28)25-20(24-19)17-8-6-5-7-9-17/h5-9H,10-16H2,1-4H3,(H,26,30)/p+1. The first kappa shape index (κ1) is 20.6. The molecule has 1 aromatic carbocycles. The maximum Gasteiger partial charge on any atom is 0.318 e. The Labute approximate surface area is 179 Å². The Hall–Kier alpha value is -2.67. The van der Waals surface area contributed by atoms with E-state index in [1.54, 1.807) is 4.90 Å². The fourth-order valence-electron chi connectivity index (χ4n) is 4.05. The molecule has 0 radical (unpaired) electrons. The lowest BCUT2D eigenvalue weighted by atomic mass is 10.0. The highest BCUT2D eigenvalue weighted by Gasteiger charge is 2.30. The molecule has 1 saturated heterocycles. The molecule has 2 aliphatic heterocycles. The molecule has 2 aliphatic rings. The van der Waals surface area contributed by atoms with Gasteiger partial charge in [0, 0.05) is 29.6 Å². The summed E-state index contributed by atoms with van der Waals surface area (Å²) in [6.45, 7) is 11.4. The first-order valence-electron chi connectivity index (χ1n) is 10.9. The summed E-state index contributed by atoms with van der Waals surface area (Å²) in [6, 6.07) is 10.2. The number of nitrogens with one attached hydrogen (secondary N) is 2. The highest BCUT2D eigenvalue weighted by Crippen LogP contribution is 2.30. The van der Waals surface area contributed by atoms with Crippen LogP contribution in [0, 0.1) is 0 Å². The highest BCUT2D eigenvalue weighted by molar-refractivity contribution is 5.76. The number of rotatable bonds is 2. The number of benzene rings is 1. The van der Waals surface area contributed by atoms with Gasteiger partial charge in [0.2, 0.25) is 0 Å². The molecule has 7 heteroatoms. The predicted octanol–water partition coefficient (Wildman–Crippen LogP) is 1.34. The van der Waals surface area contributed by atoms with Crippen molar-refractivity contribution in [3.05, 3.63) is 41.6 Å². The monoisotopic (exact) mass is 409 g/mol. The van der Waals surface area contributed by atoms with Crippen LogP contribution in [0.1, 0.15) is 32.0 Å². The number of piperazine rings is 1. The van der Waals surface area contributed by atoms with Crippen molar-refractivity contribution < 1.29 is 9.69 Å². The van der Waals surface area contributed by atoms with Crippen molar-refractivity contribution in [3.63, 3.8) is 0 Å². The van der Waals surface area contributed by atoms with Crippen LogP contribution in [-0.4, -0.2) is 66.2 Å². The third-order valence-corrected chi connectivity index (χ3v) is 5.76. The molecule has 2 amide bonds. The lowest BCUT2D eigenvalue weighted by Crippen LogP contribution is -3.12. The van der Waals surface area contributed by atoms with E-state index in [2.05, 4.69) is 29.4 Å². The number of nitrogens with zero attached hydrogens (tertiary/aromatic N) is 4. The van der Waals surface area contributed by atoms with Crippen molar-refractivity contribution in [2.45, 2.75) is 39.3 Å². The number of likely N-dealkylation sites (N-methyl/N-ethyl adjacent to an activating group) is 1. The lowest BCUT2D eigenvalue weighted by Gasteiger charge is -2.36. The fourth-order valence-corrected chi connectivity index (χ4v) is 4.05. The molecule has 0 aliphatic carbocycles. The Kier molecular flexibility index (Phi) is 5.64. The molecule has 0 saturated carbocycles. The van der Waals surface area contributed by atoms with Crippen LogP contribution >= 0.6 is 0 Å². The Morgan fingerprint density at radius 1 is 1.07 bits per heavy atom. The van der Waals surface area contributed by atoms with Gasteiger partial charge in [-0.15, -0.1) is 0 Å². The maximum absolute atomic E-state index is 12.8. The number of aromatic nitrogens is 2. The van der Waals surface area contributed by atoms with Crippen LogP contribution in [0.2, 0.25) is 0 Å². The molecule has 2 N–H and O–H groups in total. The highest BCUT2D eigenvalue weighted by atomic mass is 16.2. The fraction of sp³-hybridized carbons (Fsp3) is 0.522. The molecule has 30 heavy (non-hydrogen) atoms. The molecular formula is C23H33N6O+.